The molecule has 2 aromatic carbocycles. The monoisotopic (exact) mass is 524 g/mol. The van der Waals surface area contributed by atoms with Crippen LogP contribution in [0.4, 0.5) is 0 Å². The molecule has 0 bridgehead atoms. The fraction of sp³-hybridized carbons (Fsp3) is 0.618. The summed E-state index contributed by atoms with van der Waals surface area (Å²) in [6, 6.07) is 19.1. The number of aryl methyl sites for hydroxylation is 1. The van der Waals surface area contributed by atoms with Crippen LogP contribution in [0.3, 0.4) is 0 Å². The summed E-state index contributed by atoms with van der Waals surface area (Å²) in [5.74, 6) is 0.835. The topological polar surface area (TPSA) is 35.5 Å². The van der Waals surface area contributed by atoms with Crippen LogP contribution in [0, 0.1) is 0 Å². The number of carbonyl (C=O) groups is 1. The average molecular weight is 525 g/mol. The minimum Gasteiger partial charge on any atom is -0.494 e. The zero-order chi connectivity index (χ0) is 27.3. The Morgan fingerprint density at radius 1 is 0.684 bits per heavy atom. The molecule has 0 heterocycles. The lowest BCUT2D eigenvalue weighted by Crippen LogP contribution is -2.39. The number of ether oxygens (including phenoxy) is 2. The van der Waals surface area contributed by atoms with E-state index in [0.717, 1.165) is 49.0 Å². The van der Waals surface area contributed by atoms with Crippen molar-refractivity contribution in [1.82, 2.24) is 0 Å². The van der Waals surface area contributed by atoms with Gasteiger partial charge in [-0.15, -0.1) is 0 Å². The Bertz CT molecular complexity index is 848. The van der Waals surface area contributed by atoms with E-state index in [9.17, 15) is 4.79 Å². The largest absolute Gasteiger partial charge is 0.494 e. The lowest BCUT2D eigenvalue weighted by molar-refractivity contribution is -0.903. The Hall–Kier alpha value is -2.33. The Balaban J connectivity index is 1.44. The number of hydrogen-bond donors (Lipinski definition) is 0. The van der Waals surface area contributed by atoms with E-state index in [1.165, 1.54) is 68.9 Å². The molecule has 0 aliphatic rings. The molecule has 38 heavy (non-hydrogen) atoms. The molecule has 0 atom stereocenters. The summed E-state index contributed by atoms with van der Waals surface area (Å²) in [6.45, 7) is 5.33. The number of hydrogen-bond acceptors (Lipinski definition) is 3. The van der Waals surface area contributed by atoms with Gasteiger partial charge in [-0.1, -0.05) is 101 Å². The van der Waals surface area contributed by atoms with E-state index in [2.05, 4.69) is 69.6 Å². The second-order valence-corrected chi connectivity index (χ2v) is 11.4. The van der Waals surface area contributed by atoms with Gasteiger partial charge in [-0.3, -0.25) is 4.79 Å². The molecule has 2 aromatic rings. The molecule has 0 aliphatic carbocycles. The quantitative estimate of drug-likeness (QED) is 0.0879. The number of rotatable bonds is 22. The lowest BCUT2D eigenvalue weighted by Gasteiger charge is -2.29. The van der Waals surface area contributed by atoms with Gasteiger partial charge in [0.05, 0.1) is 40.3 Å². The van der Waals surface area contributed by atoms with Crippen LogP contribution in [0.15, 0.2) is 54.6 Å². The van der Waals surface area contributed by atoms with Gasteiger partial charge in [-0.2, -0.15) is 0 Å². The van der Waals surface area contributed by atoms with Crippen LogP contribution in [-0.4, -0.2) is 44.3 Å². The smallest absolute Gasteiger partial charge is 0.306 e. The molecule has 4 nitrogen and oxygen atoms in total. The third kappa shape index (κ3) is 15.8. The maximum Gasteiger partial charge on any atom is 0.306 e. The first-order chi connectivity index (χ1) is 18.5. The highest BCUT2D eigenvalue weighted by Gasteiger charge is 2.16. The molecular formula is C34H54NO3+. The van der Waals surface area contributed by atoms with Crippen molar-refractivity contribution in [2.45, 2.75) is 103 Å². The van der Waals surface area contributed by atoms with Gasteiger partial charge in [0, 0.05) is 12.0 Å². The highest BCUT2D eigenvalue weighted by molar-refractivity contribution is 5.69. The van der Waals surface area contributed by atoms with Gasteiger partial charge in [0.1, 0.15) is 12.3 Å². The summed E-state index contributed by atoms with van der Waals surface area (Å²) in [5, 5.41) is 0. The maximum atomic E-state index is 12.1. The van der Waals surface area contributed by atoms with Crippen molar-refractivity contribution in [2.24, 2.45) is 0 Å². The number of nitrogens with zero attached hydrogens (tertiary/aromatic N) is 1. The van der Waals surface area contributed by atoms with E-state index >= 15 is 0 Å². The standard InChI is InChI=1S/C34H54NO3/c1-4-5-6-7-8-9-10-11-13-19-31-23-25-33(26-24-31)37-28-16-17-29-38-34(36)22-18-27-35(2,3)30-32-20-14-12-15-21-32/h12,14-15,20-21,23-26H,4-11,13,16-19,22,27-30H2,1-3H3/q+1. The molecule has 2 rings (SSSR count). The summed E-state index contributed by atoms with van der Waals surface area (Å²) in [6.07, 6.45) is 16.5. The van der Waals surface area contributed by atoms with E-state index in [0.29, 0.717) is 19.6 Å². The van der Waals surface area contributed by atoms with E-state index in [4.69, 9.17) is 9.47 Å². The van der Waals surface area contributed by atoms with Crippen LogP contribution in [0.2, 0.25) is 0 Å². The summed E-state index contributed by atoms with van der Waals surface area (Å²) in [4.78, 5) is 12.1. The first-order valence-corrected chi connectivity index (χ1v) is 15.2. The van der Waals surface area contributed by atoms with Crippen molar-refractivity contribution in [1.29, 1.82) is 0 Å². The second kappa shape index (κ2) is 19.7. The summed E-state index contributed by atoms with van der Waals surface area (Å²) in [5.41, 5.74) is 2.72. The molecule has 0 radical (unpaired) electrons. The Labute approximate surface area is 233 Å². The van der Waals surface area contributed by atoms with E-state index in [1.807, 2.05) is 6.07 Å². The molecule has 0 aromatic heterocycles. The van der Waals surface area contributed by atoms with Gasteiger partial charge in [0.2, 0.25) is 0 Å². The number of carbonyl (C=O) groups excluding carboxylic acids is 1. The van der Waals surface area contributed by atoms with Gasteiger partial charge in [-0.25, -0.2) is 0 Å². The third-order valence-corrected chi connectivity index (χ3v) is 7.16. The Morgan fingerprint density at radius 2 is 1.32 bits per heavy atom. The van der Waals surface area contributed by atoms with Crippen LogP contribution < -0.4 is 4.74 Å². The summed E-state index contributed by atoms with van der Waals surface area (Å²) in [7, 11) is 4.42. The number of quaternary nitrogens is 1. The molecule has 4 heteroatoms. The first kappa shape index (κ1) is 31.9. The zero-order valence-corrected chi connectivity index (χ0v) is 24.6. The van der Waals surface area contributed by atoms with E-state index in [1.54, 1.807) is 0 Å². The zero-order valence-electron chi connectivity index (χ0n) is 24.6. The molecule has 0 fully saturated rings. The fourth-order valence-electron chi connectivity index (χ4n) is 4.85. The highest BCUT2D eigenvalue weighted by atomic mass is 16.5. The van der Waals surface area contributed by atoms with Crippen molar-refractivity contribution in [2.75, 3.05) is 33.9 Å². The molecule has 0 unspecified atom stereocenters. The summed E-state index contributed by atoms with van der Waals surface area (Å²) >= 11 is 0. The fourth-order valence-corrected chi connectivity index (χ4v) is 4.85. The normalized spacial score (nSPS) is 11.4. The lowest BCUT2D eigenvalue weighted by atomic mass is 10.0. The molecule has 0 amide bonds. The van der Waals surface area contributed by atoms with Crippen molar-refractivity contribution in [3.63, 3.8) is 0 Å². The molecule has 0 N–H and O–H groups in total. The van der Waals surface area contributed by atoms with Gasteiger partial charge in [-0.05, 0) is 43.4 Å². The molecule has 0 aliphatic heterocycles. The Morgan fingerprint density at radius 3 is 2.00 bits per heavy atom. The van der Waals surface area contributed by atoms with Crippen molar-refractivity contribution >= 4 is 5.97 Å². The van der Waals surface area contributed by atoms with Crippen LogP contribution in [0.1, 0.15) is 102 Å². The minimum atomic E-state index is -0.0896. The van der Waals surface area contributed by atoms with Crippen molar-refractivity contribution in [3.8, 4) is 5.75 Å². The van der Waals surface area contributed by atoms with Gasteiger partial charge in [0.25, 0.3) is 0 Å². The molecule has 0 saturated heterocycles. The second-order valence-electron chi connectivity index (χ2n) is 11.4. The van der Waals surface area contributed by atoms with Crippen LogP contribution in [-0.2, 0) is 22.5 Å². The molecule has 212 valence electrons. The number of unbranched alkanes of at least 4 members (excludes halogenated alkanes) is 9. The first-order valence-electron chi connectivity index (χ1n) is 15.2. The third-order valence-electron chi connectivity index (χ3n) is 7.16. The van der Waals surface area contributed by atoms with Gasteiger partial charge in [0.15, 0.2) is 0 Å². The van der Waals surface area contributed by atoms with Crippen LogP contribution >= 0.6 is 0 Å². The van der Waals surface area contributed by atoms with Gasteiger partial charge >= 0.3 is 5.97 Å². The molecule has 0 spiro atoms. The van der Waals surface area contributed by atoms with Crippen molar-refractivity contribution < 1.29 is 18.8 Å². The SMILES string of the molecule is CCCCCCCCCCCc1ccc(OCCCCOC(=O)CCC[N+](C)(C)Cc2ccccc2)cc1. The number of benzene rings is 2. The van der Waals surface area contributed by atoms with Gasteiger partial charge < -0.3 is 14.0 Å². The predicted molar refractivity (Wildman–Crippen MR) is 159 cm³/mol. The average Bonchev–Trinajstić information content (AvgIpc) is 2.90. The van der Waals surface area contributed by atoms with Crippen molar-refractivity contribution in [3.05, 3.63) is 65.7 Å². The van der Waals surface area contributed by atoms with E-state index in [-0.39, 0.29) is 5.97 Å². The Kier molecular flexibility index (Phi) is 16.5. The molecule has 0 saturated carbocycles. The summed E-state index contributed by atoms with van der Waals surface area (Å²) < 4.78 is 12.2. The number of esters is 1. The van der Waals surface area contributed by atoms with Crippen LogP contribution in [0.5, 0.6) is 5.75 Å². The van der Waals surface area contributed by atoms with Crippen LogP contribution in [0.25, 0.3) is 0 Å². The molecular weight excluding hydrogens is 470 g/mol. The highest BCUT2D eigenvalue weighted by Crippen LogP contribution is 2.16. The maximum absolute atomic E-state index is 12.1. The van der Waals surface area contributed by atoms with E-state index < -0.39 is 0 Å². The predicted octanol–water partition coefficient (Wildman–Crippen LogP) is 8.52. The minimum absolute atomic E-state index is 0.0896.